The summed E-state index contributed by atoms with van der Waals surface area (Å²) in [6, 6.07) is 1.12. The first kappa shape index (κ1) is 17.1. The summed E-state index contributed by atoms with van der Waals surface area (Å²) in [5, 5.41) is 8.39. The van der Waals surface area contributed by atoms with E-state index in [1.165, 1.54) is 16.7 Å². The van der Waals surface area contributed by atoms with Crippen molar-refractivity contribution in [1.29, 1.82) is 0 Å². The van der Waals surface area contributed by atoms with Gasteiger partial charge in [0.2, 0.25) is 10.0 Å². The molecule has 1 N–H and O–H groups in total. The average molecular weight is 369 g/mol. The SMILES string of the molecule is CC(NC(=O)c1sccc1S(=O)(=O)N1CCCC1)c1ncnn1C. The molecule has 1 amide bonds. The topological polar surface area (TPSA) is 97.2 Å². The zero-order valence-corrected chi connectivity index (χ0v) is 15.1. The van der Waals surface area contributed by atoms with Gasteiger partial charge in [-0.3, -0.25) is 9.48 Å². The Balaban J connectivity index is 1.82. The van der Waals surface area contributed by atoms with Crippen LogP contribution in [0, 0.1) is 0 Å². The van der Waals surface area contributed by atoms with Gasteiger partial charge < -0.3 is 5.32 Å². The monoisotopic (exact) mass is 369 g/mol. The lowest BCUT2D eigenvalue weighted by atomic mass is 10.3. The standard InChI is InChI=1S/C14H19N5O3S2/c1-10(13-15-9-16-18(13)2)17-14(20)12-11(5-8-23-12)24(21,22)19-6-3-4-7-19/h5,8-10H,3-4,6-7H2,1-2H3,(H,17,20). The van der Waals surface area contributed by atoms with Gasteiger partial charge in [0.15, 0.2) is 0 Å². The second kappa shape index (κ2) is 6.61. The summed E-state index contributed by atoms with van der Waals surface area (Å²) >= 11 is 1.13. The highest BCUT2D eigenvalue weighted by Gasteiger charge is 2.32. The van der Waals surface area contributed by atoms with Crippen LogP contribution in [0.3, 0.4) is 0 Å². The van der Waals surface area contributed by atoms with Gasteiger partial charge in [-0.25, -0.2) is 13.4 Å². The summed E-state index contributed by atoms with van der Waals surface area (Å²) in [6.45, 7) is 2.80. The van der Waals surface area contributed by atoms with Crippen molar-refractivity contribution in [2.24, 2.45) is 7.05 Å². The van der Waals surface area contributed by atoms with Gasteiger partial charge in [-0.15, -0.1) is 11.3 Å². The molecule has 0 radical (unpaired) electrons. The largest absolute Gasteiger partial charge is 0.342 e. The number of amides is 1. The molecule has 1 fully saturated rings. The van der Waals surface area contributed by atoms with Gasteiger partial charge in [0.1, 0.15) is 21.9 Å². The zero-order chi connectivity index (χ0) is 17.3. The molecule has 1 unspecified atom stereocenters. The van der Waals surface area contributed by atoms with Crippen LogP contribution in [-0.4, -0.2) is 46.5 Å². The van der Waals surface area contributed by atoms with Crippen LogP contribution >= 0.6 is 11.3 Å². The first-order valence-corrected chi connectivity index (χ1v) is 9.95. The number of hydrogen-bond acceptors (Lipinski definition) is 6. The summed E-state index contributed by atoms with van der Waals surface area (Å²) in [4.78, 5) is 16.9. The van der Waals surface area contributed by atoms with Crippen LogP contribution in [0.15, 0.2) is 22.7 Å². The number of hydrogen-bond donors (Lipinski definition) is 1. The number of sulfonamides is 1. The molecule has 0 aliphatic carbocycles. The van der Waals surface area contributed by atoms with Gasteiger partial charge in [0, 0.05) is 20.1 Å². The highest BCUT2D eigenvalue weighted by Crippen LogP contribution is 2.28. The van der Waals surface area contributed by atoms with Gasteiger partial charge in [0.25, 0.3) is 5.91 Å². The van der Waals surface area contributed by atoms with Crippen LogP contribution in [0.4, 0.5) is 0 Å². The van der Waals surface area contributed by atoms with Crippen molar-refractivity contribution in [3.8, 4) is 0 Å². The molecule has 24 heavy (non-hydrogen) atoms. The first-order valence-electron chi connectivity index (χ1n) is 7.63. The first-order chi connectivity index (χ1) is 11.4. The van der Waals surface area contributed by atoms with Crippen LogP contribution < -0.4 is 5.32 Å². The lowest BCUT2D eigenvalue weighted by Gasteiger charge is -2.17. The highest BCUT2D eigenvalue weighted by molar-refractivity contribution is 7.89. The minimum Gasteiger partial charge on any atom is -0.342 e. The van der Waals surface area contributed by atoms with Gasteiger partial charge >= 0.3 is 0 Å². The number of nitrogens with zero attached hydrogens (tertiary/aromatic N) is 4. The van der Waals surface area contributed by atoms with E-state index in [1.807, 2.05) is 0 Å². The van der Waals surface area contributed by atoms with Crippen molar-refractivity contribution < 1.29 is 13.2 Å². The lowest BCUT2D eigenvalue weighted by molar-refractivity contribution is 0.0938. The van der Waals surface area contributed by atoms with E-state index >= 15 is 0 Å². The molecule has 1 saturated heterocycles. The van der Waals surface area contributed by atoms with Crippen LogP contribution in [0.1, 0.15) is 41.3 Å². The fourth-order valence-electron chi connectivity index (χ4n) is 2.76. The van der Waals surface area contributed by atoms with E-state index in [9.17, 15) is 13.2 Å². The summed E-state index contributed by atoms with van der Waals surface area (Å²) < 4.78 is 28.4. The Kier molecular flexibility index (Phi) is 4.70. The number of nitrogens with one attached hydrogen (secondary N) is 1. The number of aryl methyl sites for hydroxylation is 1. The quantitative estimate of drug-likeness (QED) is 0.853. The Hall–Kier alpha value is -1.78. The average Bonchev–Trinajstić information content (AvgIpc) is 3.28. The molecule has 1 atom stereocenters. The minimum atomic E-state index is -3.62. The highest BCUT2D eigenvalue weighted by atomic mass is 32.2. The predicted molar refractivity (Wildman–Crippen MR) is 89.2 cm³/mol. The molecule has 130 valence electrons. The number of rotatable bonds is 5. The predicted octanol–water partition coefficient (Wildman–Crippen LogP) is 1.15. The Labute approximate surface area is 144 Å². The van der Waals surface area contributed by atoms with Crippen LogP contribution in [0.25, 0.3) is 0 Å². The Morgan fingerprint density at radius 1 is 1.38 bits per heavy atom. The molecule has 0 bridgehead atoms. The molecule has 0 aromatic carbocycles. The summed E-state index contributed by atoms with van der Waals surface area (Å²) in [5.74, 6) is 0.183. The van der Waals surface area contributed by atoms with E-state index in [0.717, 1.165) is 24.2 Å². The minimum absolute atomic E-state index is 0.0806. The number of aromatic nitrogens is 3. The third-order valence-electron chi connectivity index (χ3n) is 4.00. The Morgan fingerprint density at radius 3 is 2.71 bits per heavy atom. The molecule has 3 heterocycles. The lowest BCUT2D eigenvalue weighted by Crippen LogP contribution is -2.32. The molecule has 1 aliphatic heterocycles. The van der Waals surface area contributed by atoms with Crippen molar-refractivity contribution in [3.63, 3.8) is 0 Å². The Bertz CT molecular complexity index is 836. The molecule has 10 heteroatoms. The van der Waals surface area contributed by atoms with E-state index in [0.29, 0.717) is 18.9 Å². The molecule has 0 spiro atoms. The van der Waals surface area contributed by atoms with Crippen LogP contribution in [0.2, 0.25) is 0 Å². The molecule has 2 aromatic heterocycles. The molecule has 8 nitrogen and oxygen atoms in total. The van der Waals surface area contributed by atoms with Crippen molar-refractivity contribution >= 4 is 27.3 Å². The molecule has 0 saturated carbocycles. The van der Waals surface area contributed by atoms with Crippen molar-refractivity contribution in [2.45, 2.75) is 30.7 Å². The smallest absolute Gasteiger partial charge is 0.263 e. The van der Waals surface area contributed by atoms with Crippen molar-refractivity contribution in [2.75, 3.05) is 13.1 Å². The third kappa shape index (κ3) is 3.08. The fraction of sp³-hybridized carbons (Fsp3) is 0.500. The summed E-state index contributed by atoms with van der Waals surface area (Å²) in [6.07, 6.45) is 3.12. The van der Waals surface area contributed by atoms with E-state index < -0.39 is 15.9 Å². The van der Waals surface area contributed by atoms with Crippen LogP contribution in [-0.2, 0) is 17.1 Å². The number of carbonyl (C=O) groups excluding carboxylic acids is 1. The molecular formula is C14H19N5O3S2. The van der Waals surface area contributed by atoms with Gasteiger partial charge in [-0.1, -0.05) is 0 Å². The number of carbonyl (C=O) groups is 1. The fourth-order valence-corrected chi connectivity index (χ4v) is 5.58. The maximum atomic E-state index is 12.7. The van der Waals surface area contributed by atoms with E-state index in [4.69, 9.17) is 0 Å². The number of thiophene rings is 1. The second-order valence-corrected chi connectivity index (χ2v) is 8.48. The van der Waals surface area contributed by atoms with Gasteiger partial charge in [-0.2, -0.15) is 9.40 Å². The second-order valence-electron chi connectivity index (χ2n) is 5.66. The molecule has 2 aromatic rings. The normalized spacial score (nSPS) is 17.1. The molecular weight excluding hydrogens is 350 g/mol. The van der Waals surface area contributed by atoms with E-state index in [1.54, 1.807) is 24.0 Å². The van der Waals surface area contributed by atoms with Crippen molar-refractivity contribution in [1.82, 2.24) is 24.4 Å². The summed E-state index contributed by atoms with van der Waals surface area (Å²) in [5.41, 5.74) is 0. The Morgan fingerprint density at radius 2 is 2.08 bits per heavy atom. The zero-order valence-electron chi connectivity index (χ0n) is 13.5. The molecule has 1 aliphatic rings. The summed E-state index contributed by atoms with van der Waals surface area (Å²) in [7, 11) is -1.88. The van der Waals surface area contributed by atoms with E-state index in [-0.39, 0.29) is 15.8 Å². The van der Waals surface area contributed by atoms with Crippen molar-refractivity contribution in [3.05, 3.63) is 28.5 Å². The maximum absolute atomic E-state index is 12.7. The molecule has 3 rings (SSSR count). The van der Waals surface area contributed by atoms with Crippen LogP contribution in [0.5, 0.6) is 0 Å². The van der Waals surface area contributed by atoms with Gasteiger partial charge in [0.05, 0.1) is 6.04 Å². The van der Waals surface area contributed by atoms with Gasteiger partial charge in [-0.05, 0) is 31.2 Å². The van der Waals surface area contributed by atoms with E-state index in [2.05, 4.69) is 15.4 Å². The maximum Gasteiger partial charge on any atom is 0.263 e. The third-order valence-corrected chi connectivity index (χ3v) is 6.98.